The molecule has 0 fully saturated rings. The molecule has 24 heavy (non-hydrogen) atoms. The summed E-state index contributed by atoms with van der Waals surface area (Å²) in [6.45, 7) is 2.06. The zero-order chi connectivity index (χ0) is 17.5. The minimum atomic E-state index is -0.299. The Labute approximate surface area is 139 Å². The molecule has 0 saturated carbocycles. The highest BCUT2D eigenvalue weighted by Crippen LogP contribution is 2.07. The Kier molecular flexibility index (Phi) is 5.89. The molecule has 0 bridgehead atoms. The Hall–Kier alpha value is -2.89. The molecule has 6 nitrogen and oxygen atoms in total. The first-order valence-electron chi connectivity index (χ1n) is 7.73. The van der Waals surface area contributed by atoms with Crippen molar-refractivity contribution in [3.05, 3.63) is 64.1 Å². The second-order valence-corrected chi connectivity index (χ2v) is 5.51. The van der Waals surface area contributed by atoms with Crippen LogP contribution in [0.4, 0.5) is 0 Å². The number of Topliss-reactive ketones (excluding diaryl/α,β-unsaturated/α-hetero) is 1. The van der Waals surface area contributed by atoms with Crippen molar-refractivity contribution in [3.8, 4) is 5.75 Å². The minimum absolute atomic E-state index is 0.0406. The van der Waals surface area contributed by atoms with Crippen molar-refractivity contribution < 1.29 is 14.7 Å². The fraction of sp³-hybridized carbons (Fsp3) is 0.278. The summed E-state index contributed by atoms with van der Waals surface area (Å²) in [7, 11) is 0. The van der Waals surface area contributed by atoms with Crippen LogP contribution in [0.5, 0.6) is 5.75 Å². The van der Waals surface area contributed by atoms with Crippen molar-refractivity contribution >= 4 is 11.7 Å². The van der Waals surface area contributed by atoms with Gasteiger partial charge in [-0.2, -0.15) is 0 Å². The second kappa shape index (κ2) is 8.10. The van der Waals surface area contributed by atoms with Gasteiger partial charge in [0.25, 0.3) is 5.56 Å². The van der Waals surface area contributed by atoms with Gasteiger partial charge in [-0.1, -0.05) is 30.3 Å². The number of benzene rings is 1. The van der Waals surface area contributed by atoms with Crippen molar-refractivity contribution in [1.29, 1.82) is 0 Å². The lowest BCUT2D eigenvalue weighted by Crippen LogP contribution is -2.30. The Morgan fingerprint density at radius 3 is 2.54 bits per heavy atom. The van der Waals surface area contributed by atoms with Crippen LogP contribution in [-0.2, 0) is 11.3 Å². The summed E-state index contributed by atoms with van der Waals surface area (Å²) in [5.74, 6) is -0.441. The van der Waals surface area contributed by atoms with Crippen LogP contribution in [0.3, 0.4) is 0 Å². The van der Waals surface area contributed by atoms with Crippen LogP contribution in [0.2, 0.25) is 0 Å². The second-order valence-electron chi connectivity index (χ2n) is 5.51. The highest BCUT2D eigenvalue weighted by molar-refractivity contribution is 5.99. The summed E-state index contributed by atoms with van der Waals surface area (Å²) in [4.78, 5) is 35.5. The fourth-order valence-corrected chi connectivity index (χ4v) is 2.39. The smallest absolute Gasteiger partial charge is 0.254 e. The van der Waals surface area contributed by atoms with Crippen molar-refractivity contribution in [1.82, 2.24) is 9.88 Å². The van der Waals surface area contributed by atoms with Gasteiger partial charge in [-0.05, 0) is 19.4 Å². The Morgan fingerprint density at radius 1 is 1.17 bits per heavy atom. The maximum Gasteiger partial charge on any atom is 0.254 e. The fourth-order valence-electron chi connectivity index (χ4n) is 2.39. The van der Waals surface area contributed by atoms with E-state index < -0.39 is 0 Å². The van der Waals surface area contributed by atoms with Gasteiger partial charge in [0.2, 0.25) is 5.91 Å². The molecule has 1 amide bonds. The third-order valence-electron chi connectivity index (χ3n) is 3.65. The molecule has 0 saturated heterocycles. The number of amides is 1. The first-order chi connectivity index (χ1) is 11.5. The molecule has 1 heterocycles. The summed E-state index contributed by atoms with van der Waals surface area (Å²) < 4.78 is 1.50. The van der Waals surface area contributed by atoms with Crippen molar-refractivity contribution in [2.75, 3.05) is 6.54 Å². The lowest BCUT2D eigenvalue weighted by atomic mass is 10.1. The zero-order valence-corrected chi connectivity index (χ0v) is 13.5. The summed E-state index contributed by atoms with van der Waals surface area (Å²) in [6, 6.07) is 11.4. The molecule has 1 aromatic heterocycles. The number of aromatic hydroxyl groups is 1. The summed E-state index contributed by atoms with van der Waals surface area (Å²) in [5, 5.41) is 11.9. The molecule has 0 unspecified atom stereocenters. The number of carbonyl (C=O) groups is 2. The molecule has 2 N–H and O–H groups in total. The third kappa shape index (κ3) is 4.81. The van der Waals surface area contributed by atoms with Crippen molar-refractivity contribution in [2.24, 2.45) is 0 Å². The number of aryl methyl sites for hydroxylation is 1. The van der Waals surface area contributed by atoms with E-state index in [1.807, 2.05) is 6.07 Å². The number of rotatable bonds is 7. The molecule has 126 valence electrons. The molecule has 0 atom stereocenters. The Bertz CT molecular complexity index is 781. The summed E-state index contributed by atoms with van der Waals surface area (Å²) in [6.07, 6.45) is 0.686. The van der Waals surface area contributed by atoms with E-state index in [2.05, 4.69) is 5.32 Å². The molecule has 0 aliphatic carbocycles. The van der Waals surface area contributed by atoms with E-state index >= 15 is 0 Å². The van der Waals surface area contributed by atoms with E-state index in [9.17, 15) is 19.5 Å². The van der Waals surface area contributed by atoms with Crippen molar-refractivity contribution in [3.63, 3.8) is 0 Å². The lowest BCUT2D eigenvalue weighted by Gasteiger charge is -2.10. The van der Waals surface area contributed by atoms with E-state index in [0.717, 1.165) is 6.07 Å². The number of pyridine rings is 1. The molecule has 0 aliphatic rings. The van der Waals surface area contributed by atoms with Crippen LogP contribution in [0.25, 0.3) is 0 Å². The van der Waals surface area contributed by atoms with E-state index in [4.69, 9.17) is 0 Å². The predicted octanol–water partition coefficient (Wildman–Crippen LogP) is 1.64. The number of nitrogens with one attached hydrogen (secondary N) is 1. The van der Waals surface area contributed by atoms with Crippen LogP contribution in [0, 0.1) is 6.92 Å². The van der Waals surface area contributed by atoms with Crippen LogP contribution >= 0.6 is 0 Å². The van der Waals surface area contributed by atoms with Gasteiger partial charge in [0.05, 0.1) is 6.54 Å². The number of carbonyl (C=O) groups excluding carboxylic acids is 2. The predicted molar refractivity (Wildman–Crippen MR) is 90.1 cm³/mol. The molecule has 2 rings (SSSR count). The normalized spacial score (nSPS) is 10.4. The van der Waals surface area contributed by atoms with E-state index in [-0.39, 0.29) is 36.0 Å². The number of nitrogens with zero attached hydrogens (tertiary/aromatic N) is 1. The van der Waals surface area contributed by atoms with Gasteiger partial charge in [-0.3, -0.25) is 14.4 Å². The Morgan fingerprint density at radius 2 is 1.88 bits per heavy atom. The maximum atomic E-state index is 11.9. The molecule has 0 aliphatic heterocycles. The molecule has 1 aromatic carbocycles. The molecular formula is C18H20N2O4. The average Bonchev–Trinajstić information content (AvgIpc) is 2.55. The van der Waals surface area contributed by atoms with Gasteiger partial charge >= 0.3 is 0 Å². The Balaban J connectivity index is 1.78. The van der Waals surface area contributed by atoms with E-state index in [0.29, 0.717) is 24.2 Å². The number of aromatic nitrogens is 1. The maximum absolute atomic E-state index is 11.9. The summed E-state index contributed by atoms with van der Waals surface area (Å²) in [5.41, 5.74) is 0.899. The minimum Gasteiger partial charge on any atom is -0.508 e. The van der Waals surface area contributed by atoms with E-state index in [1.165, 1.54) is 10.6 Å². The van der Waals surface area contributed by atoms with Crippen LogP contribution in [0.15, 0.2) is 47.3 Å². The van der Waals surface area contributed by atoms with Crippen molar-refractivity contribution in [2.45, 2.75) is 26.3 Å². The topological polar surface area (TPSA) is 88.4 Å². The monoisotopic (exact) mass is 328 g/mol. The van der Waals surface area contributed by atoms with Gasteiger partial charge in [0.15, 0.2) is 5.78 Å². The average molecular weight is 328 g/mol. The zero-order valence-electron chi connectivity index (χ0n) is 13.5. The lowest BCUT2D eigenvalue weighted by molar-refractivity contribution is -0.121. The molecule has 6 heteroatoms. The van der Waals surface area contributed by atoms with Crippen LogP contribution < -0.4 is 10.9 Å². The third-order valence-corrected chi connectivity index (χ3v) is 3.65. The SMILES string of the molecule is Cc1cc(O)cc(=O)n1CCCC(=O)NCC(=O)c1ccccc1. The molecule has 0 radical (unpaired) electrons. The largest absolute Gasteiger partial charge is 0.508 e. The molecular weight excluding hydrogens is 308 g/mol. The molecule has 0 spiro atoms. The van der Waals surface area contributed by atoms with Gasteiger partial charge in [-0.15, -0.1) is 0 Å². The first kappa shape index (κ1) is 17.5. The quantitative estimate of drug-likeness (QED) is 0.756. The van der Waals surface area contributed by atoms with Gasteiger partial charge < -0.3 is 15.0 Å². The van der Waals surface area contributed by atoms with Gasteiger partial charge in [0, 0.05) is 30.3 Å². The molecule has 2 aromatic rings. The highest BCUT2D eigenvalue weighted by Gasteiger charge is 2.08. The highest BCUT2D eigenvalue weighted by atomic mass is 16.3. The van der Waals surface area contributed by atoms with Gasteiger partial charge in [0.1, 0.15) is 5.75 Å². The number of ketones is 1. The standard InChI is InChI=1S/C18H20N2O4/c1-13-10-15(21)11-18(24)20(13)9-5-8-17(23)19-12-16(22)14-6-3-2-4-7-14/h2-4,6-7,10-11,21H,5,8-9,12H2,1H3,(H,19,23). The van der Waals surface area contributed by atoms with Crippen LogP contribution in [0.1, 0.15) is 28.9 Å². The van der Waals surface area contributed by atoms with E-state index in [1.54, 1.807) is 31.2 Å². The first-order valence-corrected chi connectivity index (χ1v) is 7.73. The van der Waals surface area contributed by atoms with Crippen LogP contribution in [-0.4, -0.2) is 27.9 Å². The number of hydrogen-bond acceptors (Lipinski definition) is 4. The van der Waals surface area contributed by atoms with Gasteiger partial charge in [-0.25, -0.2) is 0 Å². The summed E-state index contributed by atoms with van der Waals surface area (Å²) >= 11 is 0. The number of hydrogen-bond donors (Lipinski definition) is 2.